The first-order valence-corrected chi connectivity index (χ1v) is 9.01. The molecule has 2 aliphatic rings. The van der Waals surface area contributed by atoms with Gasteiger partial charge in [0.15, 0.2) is 5.82 Å². The Bertz CT molecular complexity index is 822. The number of hydrogen-bond donors (Lipinski definition) is 1. The van der Waals surface area contributed by atoms with Crippen molar-refractivity contribution >= 4 is 0 Å². The van der Waals surface area contributed by atoms with Crippen LogP contribution in [0.2, 0.25) is 0 Å². The zero-order chi connectivity index (χ0) is 17.9. The summed E-state index contributed by atoms with van der Waals surface area (Å²) >= 11 is 0. The molecular formula is C20H24F2N2O. The number of aliphatic hydroxyl groups excluding tert-OH is 1. The summed E-state index contributed by atoms with van der Waals surface area (Å²) in [5.41, 5.74) is 3.04. The van der Waals surface area contributed by atoms with Gasteiger partial charge in [-0.25, -0.2) is 13.5 Å². The molecule has 1 saturated carbocycles. The lowest BCUT2D eigenvalue weighted by Crippen LogP contribution is -2.14. The minimum atomic E-state index is -0.669. The normalized spacial score (nSPS) is 23.1. The summed E-state index contributed by atoms with van der Waals surface area (Å²) in [6.45, 7) is 6.25. The van der Waals surface area contributed by atoms with E-state index < -0.39 is 17.7 Å². The monoisotopic (exact) mass is 346 g/mol. The van der Waals surface area contributed by atoms with E-state index in [2.05, 4.69) is 25.9 Å². The van der Waals surface area contributed by atoms with E-state index in [9.17, 15) is 13.9 Å². The third kappa shape index (κ3) is 2.78. The Labute approximate surface area is 146 Å². The van der Waals surface area contributed by atoms with Crippen molar-refractivity contribution in [3.8, 4) is 5.69 Å². The minimum absolute atomic E-state index is 0.0329. The second kappa shape index (κ2) is 5.63. The van der Waals surface area contributed by atoms with Crippen molar-refractivity contribution in [2.24, 2.45) is 5.41 Å². The minimum Gasteiger partial charge on any atom is -0.387 e. The van der Waals surface area contributed by atoms with E-state index >= 15 is 0 Å². The summed E-state index contributed by atoms with van der Waals surface area (Å²) in [4.78, 5) is 0. The van der Waals surface area contributed by atoms with Crippen molar-refractivity contribution in [2.45, 2.75) is 64.4 Å². The molecule has 0 spiro atoms. The van der Waals surface area contributed by atoms with Crippen LogP contribution in [0.4, 0.5) is 8.78 Å². The molecule has 2 aromatic rings. The third-order valence-electron chi connectivity index (χ3n) is 5.47. The van der Waals surface area contributed by atoms with Gasteiger partial charge in [-0.15, -0.1) is 0 Å². The number of fused-ring (bicyclic) bond motifs is 5. The van der Waals surface area contributed by atoms with Gasteiger partial charge in [-0.3, -0.25) is 0 Å². The van der Waals surface area contributed by atoms with Gasteiger partial charge in [0.2, 0.25) is 0 Å². The standard InChI is InChI=1S/C20H24F2N2O/c1-20(2,3)10-16(25)18-17-11-4-5-12(8-11)19(17)24(23-18)15-7-6-13(21)9-14(15)22/h6-7,9,11-12,16,25H,4-5,8,10H2,1-3H3. The lowest BCUT2D eigenvalue weighted by molar-refractivity contribution is 0.117. The van der Waals surface area contributed by atoms with Gasteiger partial charge >= 0.3 is 0 Å². The second-order valence-corrected chi connectivity index (χ2v) is 8.68. The molecule has 0 saturated heterocycles. The number of rotatable bonds is 3. The molecule has 1 heterocycles. The predicted molar refractivity (Wildman–Crippen MR) is 91.8 cm³/mol. The van der Waals surface area contributed by atoms with Crippen molar-refractivity contribution in [2.75, 3.05) is 0 Å². The van der Waals surface area contributed by atoms with Gasteiger partial charge in [0.05, 0.1) is 17.5 Å². The van der Waals surface area contributed by atoms with Crippen LogP contribution < -0.4 is 0 Å². The zero-order valence-electron chi connectivity index (χ0n) is 14.9. The van der Waals surface area contributed by atoms with Crippen LogP contribution in [-0.2, 0) is 0 Å². The maximum absolute atomic E-state index is 14.4. The number of aromatic nitrogens is 2. The fourth-order valence-electron chi connectivity index (χ4n) is 4.52. The van der Waals surface area contributed by atoms with E-state index in [0.717, 1.165) is 36.6 Å². The first-order chi connectivity index (χ1) is 11.7. The Hall–Kier alpha value is -1.75. The molecule has 0 radical (unpaired) electrons. The largest absolute Gasteiger partial charge is 0.387 e. The SMILES string of the molecule is CC(C)(C)CC(O)c1nn(-c2ccc(F)cc2F)c2c1C1CCC2C1. The van der Waals surface area contributed by atoms with E-state index in [1.807, 2.05) is 0 Å². The Morgan fingerprint density at radius 3 is 2.64 bits per heavy atom. The van der Waals surface area contributed by atoms with Crippen molar-refractivity contribution in [1.82, 2.24) is 9.78 Å². The van der Waals surface area contributed by atoms with Crippen LogP contribution in [-0.4, -0.2) is 14.9 Å². The van der Waals surface area contributed by atoms with E-state index in [0.29, 0.717) is 24.0 Å². The second-order valence-electron chi connectivity index (χ2n) is 8.68. The summed E-state index contributed by atoms with van der Waals surface area (Å²) in [6.07, 6.45) is 3.15. The molecule has 4 rings (SSSR count). The average molecular weight is 346 g/mol. The fraction of sp³-hybridized carbons (Fsp3) is 0.550. The van der Waals surface area contributed by atoms with E-state index in [4.69, 9.17) is 0 Å². The molecule has 1 N–H and O–H groups in total. The van der Waals surface area contributed by atoms with Crippen molar-refractivity contribution in [3.05, 3.63) is 46.8 Å². The molecule has 2 aliphatic carbocycles. The van der Waals surface area contributed by atoms with Crippen LogP contribution in [0.1, 0.15) is 81.3 Å². The highest BCUT2D eigenvalue weighted by Gasteiger charge is 2.44. The molecule has 134 valence electrons. The van der Waals surface area contributed by atoms with Gasteiger partial charge in [0.25, 0.3) is 0 Å². The number of benzene rings is 1. The van der Waals surface area contributed by atoms with Gasteiger partial charge in [0, 0.05) is 17.5 Å². The highest BCUT2D eigenvalue weighted by Crippen LogP contribution is 2.55. The number of hydrogen-bond acceptors (Lipinski definition) is 2. The van der Waals surface area contributed by atoms with Crippen LogP contribution in [0.5, 0.6) is 0 Å². The summed E-state index contributed by atoms with van der Waals surface area (Å²) in [7, 11) is 0. The van der Waals surface area contributed by atoms with Crippen molar-refractivity contribution in [3.63, 3.8) is 0 Å². The molecule has 3 atom stereocenters. The van der Waals surface area contributed by atoms with Gasteiger partial charge in [-0.2, -0.15) is 5.10 Å². The third-order valence-corrected chi connectivity index (χ3v) is 5.47. The van der Waals surface area contributed by atoms with Crippen LogP contribution >= 0.6 is 0 Å². The molecule has 1 aromatic heterocycles. The Morgan fingerprint density at radius 2 is 1.96 bits per heavy atom. The summed E-state index contributed by atoms with van der Waals surface area (Å²) in [5.74, 6) is -0.459. The van der Waals surface area contributed by atoms with Crippen molar-refractivity contribution < 1.29 is 13.9 Å². The quantitative estimate of drug-likeness (QED) is 0.851. The highest BCUT2D eigenvalue weighted by atomic mass is 19.1. The highest BCUT2D eigenvalue weighted by molar-refractivity contribution is 5.47. The number of halogens is 2. The first-order valence-electron chi connectivity index (χ1n) is 9.01. The lowest BCUT2D eigenvalue weighted by atomic mass is 9.85. The molecular weight excluding hydrogens is 322 g/mol. The van der Waals surface area contributed by atoms with Gasteiger partial charge in [-0.05, 0) is 49.1 Å². The summed E-state index contributed by atoms with van der Waals surface area (Å²) in [5, 5.41) is 15.4. The predicted octanol–water partition coefficient (Wildman–Crippen LogP) is 4.98. The molecule has 0 amide bonds. The zero-order valence-corrected chi connectivity index (χ0v) is 14.9. The topological polar surface area (TPSA) is 38.1 Å². The lowest BCUT2D eigenvalue weighted by Gasteiger charge is -2.22. The van der Waals surface area contributed by atoms with Crippen molar-refractivity contribution in [1.29, 1.82) is 0 Å². The van der Waals surface area contributed by atoms with Crippen LogP contribution in [0.25, 0.3) is 5.69 Å². The molecule has 3 unspecified atom stereocenters. The molecule has 5 heteroatoms. The summed E-state index contributed by atoms with van der Waals surface area (Å²) in [6, 6.07) is 3.58. The average Bonchev–Trinajstić information content (AvgIpc) is 3.17. The molecule has 25 heavy (non-hydrogen) atoms. The van der Waals surface area contributed by atoms with Gasteiger partial charge in [-0.1, -0.05) is 20.8 Å². The smallest absolute Gasteiger partial charge is 0.151 e. The molecule has 0 aliphatic heterocycles. The van der Waals surface area contributed by atoms with Crippen LogP contribution in [0.15, 0.2) is 18.2 Å². The molecule has 2 bridgehead atoms. The van der Waals surface area contributed by atoms with Gasteiger partial charge in [0.1, 0.15) is 11.5 Å². The fourth-order valence-corrected chi connectivity index (χ4v) is 4.52. The number of aliphatic hydroxyl groups is 1. The maximum Gasteiger partial charge on any atom is 0.151 e. The summed E-state index contributed by atoms with van der Waals surface area (Å²) < 4.78 is 29.3. The molecule has 1 fully saturated rings. The van der Waals surface area contributed by atoms with E-state index in [1.165, 1.54) is 12.1 Å². The van der Waals surface area contributed by atoms with Crippen LogP contribution in [0, 0.1) is 17.0 Å². The maximum atomic E-state index is 14.4. The first kappa shape index (κ1) is 16.7. The van der Waals surface area contributed by atoms with E-state index in [1.54, 1.807) is 4.68 Å². The Balaban J connectivity index is 1.84. The Morgan fingerprint density at radius 1 is 1.24 bits per heavy atom. The number of nitrogens with zero attached hydrogens (tertiary/aromatic N) is 2. The molecule has 3 nitrogen and oxygen atoms in total. The van der Waals surface area contributed by atoms with Crippen LogP contribution in [0.3, 0.4) is 0 Å². The molecule has 1 aromatic carbocycles. The Kier molecular flexibility index (Phi) is 3.76. The van der Waals surface area contributed by atoms with E-state index in [-0.39, 0.29) is 11.1 Å². The van der Waals surface area contributed by atoms with Gasteiger partial charge < -0.3 is 5.11 Å².